The fourth-order valence-electron chi connectivity index (χ4n) is 3.88. The quantitative estimate of drug-likeness (QED) is 0.313. The number of aliphatic hydroxyl groups is 3. The Bertz CT molecular complexity index is 1180. The van der Waals surface area contributed by atoms with Gasteiger partial charge in [-0.3, -0.25) is 14.5 Å². The molecule has 3 aromatic rings. The highest BCUT2D eigenvalue weighted by atomic mass is 35.5. The largest absolute Gasteiger partial charge is 0.390 e. The maximum Gasteiger partial charge on any atom is 0.278 e. The summed E-state index contributed by atoms with van der Waals surface area (Å²) in [5, 5.41) is 41.5. The van der Waals surface area contributed by atoms with Crippen LogP contribution in [0.4, 0.5) is 5.95 Å². The maximum atomic E-state index is 12.8. The van der Waals surface area contributed by atoms with E-state index in [0.717, 1.165) is 5.56 Å². The van der Waals surface area contributed by atoms with Crippen LogP contribution in [0.25, 0.3) is 11.0 Å². The number of hydrogen-bond acceptors (Lipinski definition) is 8. The van der Waals surface area contributed by atoms with Crippen LogP contribution in [0.5, 0.6) is 0 Å². The summed E-state index contributed by atoms with van der Waals surface area (Å²) in [5.74, 6) is 0.286. The molecule has 3 heterocycles. The Kier molecular flexibility index (Phi) is 6.44. The van der Waals surface area contributed by atoms with E-state index in [1.807, 2.05) is 13.0 Å². The number of benzene rings is 1. The van der Waals surface area contributed by atoms with Crippen LogP contribution in [0.1, 0.15) is 18.9 Å². The summed E-state index contributed by atoms with van der Waals surface area (Å²) in [5.41, 5.74) is 0.472. The maximum absolute atomic E-state index is 12.8. The van der Waals surface area contributed by atoms with Crippen molar-refractivity contribution in [2.24, 2.45) is 0 Å². The summed E-state index contributed by atoms with van der Waals surface area (Å²) in [6.45, 7) is 2.55. The zero-order valence-corrected chi connectivity index (χ0v) is 18.7. The van der Waals surface area contributed by atoms with Crippen molar-refractivity contribution in [3.05, 3.63) is 50.4 Å². The molecule has 172 valence electrons. The van der Waals surface area contributed by atoms with E-state index < -0.39 is 23.9 Å². The van der Waals surface area contributed by atoms with E-state index in [2.05, 4.69) is 25.7 Å². The fraction of sp³-hybridized carbons (Fsp3) is 0.450. The molecule has 0 aliphatic carbocycles. The van der Waals surface area contributed by atoms with Crippen molar-refractivity contribution in [2.45, 2.75) is 50.3 Å². The van der Waals surface area contributed by atoms with Crippen LogP contribution in [0.15, 0.2) is 29.2 Å². The van der Waals surface area contributed by atoms with Gasteiger partial charge in [0.1, 0.15) is 11.6 Å². The predicted octanol–water partition coefficient (Wildman–Crippen LogP) is 0.873. The molecule has 2 aromatic heterocycles. The highest BCUT2D eigenvalue weighted by Gasteiger charge is 2.38. The van der Waals surface area contributed by atoms with Crippen molar-refractivity contribution in [2.75, 3.05) is 11.9 Å². The molecule has 10 nitrogen and oxygen atoms in total. The van der Waals surface area contributed by atoms with E-state index in [4.69, 9.17) is 23.2 Å². The molecular weight excluding hydrogens is 459 g/mol. The van der Waals surface area contributed by atoms with Crippen LogP contribution in [0.3, 0.4) is 0 Å². The van der Waals surface area contributed by atoms with E-state index >= 15 is 0 Å². The lowest BCUT2D eigenvalue weighted by Gasteiger charge is -2.30. The number of nitrogens with one attached hydrogen (secondary N) is 3. The summed E-state index contributed by atoms with van der Waals surface area (Å²) >= 11 is 12.0. The molecule has 1 aliphatic heterocycles. The average molecular weight is 483 g/mol. The molecule has 12 heteroatoms. The van der Waals surface area contributed by atoms with Crippen LogP contribution in [0.2, 0.25) is 10.0 Å². The van der Waals surface area contributed by atoms with Gasteiger partial charge in [-0.2, -0.15) is 5.10 Å². The topological polar surface area (TPSA) is 148 Å². The molecule has 0 bridgehead atoms. The summed E-state index contributed by atoms with van der Waals surface area (Å²) in [4.78, 5) is 19.9. The minimum Gasteiger partial charge on any atom is -0.390 e. The third-order valence-electron chi connectivity index (χ3n) is 5.63. The first-order valence-electron chi connectivity index (χ1n) is 10.1. The molecule has 1 aromatic carbocycles. The van der Waals surface area contributed by atoms with Crippen molar-refractivity contribution in [1.82, 2.24) is 25.1 Å². The van der Waals surface area contributed by atoms with Gasteiger partial charge in [0.15, 0.2) is 5.52 Å². The van der Waals surface area contributed by atoms with Gasteiger partial charge < -0.3 is 26.0 Å². The van der Waals surface area contributed by atoms with Gasteiger partial charge in [-0.05, 0) is 31.0 Å². The fourth-order valence-corrected chi connectivity index (χ4v) is 4.20. The van der Waals surface area contributed by atoms with E-state index in [0.29, 0.717) is 22.1 Å². The summed E-state index contributed by atoms with van der Waals surface area (Å²) < 4.78 is 1.51. The van der Waals surface area contributed by atoms with E-state index in [1.165, 1.54) is 10.9 Å². The van der Waals surface area contributed by atoms with Crippen molar-refractivity contribution < 1.29 is 15.3 Å². The standard InChI is InChI=1S/C20H24Cl2N6O4/c1-20(5-14(29)17(31)15(30)8-24-20)9-28-16-13(7-25-28)26-19(27-18(16)32)23-6-10-2-3-11(21)12(22)4-10/h2-4,7,14-15,17,24,29-31H,5-6,8-9H2,1H3,(H2,23,26,27,32)/t14-,15+,17+,20?/m1/s1. The number of aromatic amines is 1. The number of fused-ring (bicyclic) bond motifs is 1. The van der Waals surface area contributed by atoms with Gasteiger partial charge in [0.2, 0.25) is 5.95 Å². The summed E-state index contributed by atoms with van der Waals surface area (Å²) in [7, 11) is 0. The van der Waals surface area contributed by atoms with Crippen LogP contribution in [0, 0.1) is 0 Å². The Labute approximate surface area is 193 Å². The molecular formula is C20H24Cl2N6O4. The highest BCUT2D eigenvalue weighted by Crippen LogP contribution is 2.24. The van der Waals surface area contributed by atoms with Gasteiger partial charge in [0.05, 0.1) is 35.0 Å². The van der Waals surface area contributed by atoms with Crippen LogP contribution in [-0.4, -0.2) is 65.5 Å². The zero-order valence-electron chi connectivity index (χ0n) is 17.2. The normalized spacial score (nSPS) is 26.2. The van der Waals surface area contributed by atoms with Gasteiger partial charge in [0, 0.05) is 18.6 Å². The van der Waals surface area contributed by atoms with Gasteiger partial charge in [0.25, 0.3) is 5.56 Å². The van der Waals surface area contributed by atoms with E-state index in [1.54, 1.807) is 12.1 Å². The second kappa shape index (κ2) is 8.97. The Morgan fingerprint density at radius 1 is 1.25 bits per heavy atom. The second-order valence-electron chi connectivity index (χ2n) is 8.32. The number of aliphatic hydroxyl groups excluding tert-OH is 3. The third-order valence-corrected chi connectivity index (χ3v) is 6.37. The number of β-amino-alcohol motifs (C(OH)–C–C–N with tert-alkyl or cyclic N) is 1. The predicted molar refractivity (Wildman–Crippen MR) is 121 cm³/mol. The molecule has 4 rings (SSSR count). The Morgan fingerprint density at radius 2 is 2.03 bits per heavy atom. The van der Waals surface area contributed by atoms with Gasteiger partial charge in [-0.25, -0.2) is 4.98 Å². The molecule has 0 spiro atoms. The molecule has 1 fully saturated rings. The molecule has 1 aliphatic rings. The van der Waals surface area contributed by atoms with Gasteiger partial charge in [-0.15, -0.1) is 0 Å². The van der Waals surface area contributed by atoms with Crippen LogP contribution >= 0.6 is 23.2 Å². The number of nitrogens with zero attached hydrogens (tertiary/aromatic N) is 3. The number of halogens is 2. The minimum absolute atomic E-state index is 0.102. The first kappa shape index (κ1) is 23.0. The zero-order chi connectivity index (χ0) is 23.0. The van der Waals surface area contributed by atoms with Crippen molar-refractivity contribution >= 4 is 40.2 Å². The minimum atomic E-state index is -1.24. The number of aromatic nitrogens is 4. The molecule has 1 saturated heterocycles. The smallest absolute Gasteiger partial charge is 0.278 e. The SMILES string of the molecule is CC1(Cn2ncc3nc(NCc4ccc(Cl)c(Cl)c4)[nH]c(=O)c32)C[C@@H](O)[C@H](O)[C@@H](O)CN1. The lowest BCUT2D eigenvalue weighted by Crippen LogP contribution is -2.48. The Hall–Kier alpha value is -2.21. The van der Waals surface area contributed by atoms with Crippen molar-refractivity contribution in [3.63, 3.8) is 0 Å². The monoisotopic (exact) mass is 482 g/mol. The first-order chi connectivity index (χ1) is 15.1. The third kappa shape index (κ3) is 4.75. The first-order valence-corrected chi connectivity index (χ1v) is 10.8. The average Bonchev–Trinajstić information content (AvgIpc) is 3.11. The molecule has 0 radical (unpaired) electrons. The van der Waals surface area contributed by atoms with Gasteiger partial charge in [-0.1, -0.05) is 29.3 Å². The number of hydrogen-bond donors (Lipinski definition) is 6. The Morgan fingerprint density at radius 3 is 2.78 bits per heavy atom. The molecule has 0 amide bonds. The lowest BCUT2D eigenvalue weighted by atomic mass is 9.93. The number of H-pyrrole nitrogens is 1. The highest BCUT2D eigenvalue weighted by molar-refractivity contribution is 6.42. The number of anilines is 1. The van der Waals surface area contributed by atoms with Gasteiger partial charge >= 0.3 is 0 Å². The van der Waals surface area contributed by atoms with Crippen molar-refractivity contribution in [1.29, 1.82) is 0 Å². The second-order valence-corrected chi connectivity index (χ2v) is 9.14. The summed E-state index contributed by atoms with van der Waals surface area (Å²) in [6.07, 6.45) is -1.78. The lowest BCUT2D eigenvalue weighted by molar-refractivity contribution is -0.0531. The molecule has 4 atom stereocenters. The Balaban J connectivity index is 1.54. The molecule has 0 saturated carbocycles. The van der Waals surface area contributed by atoms with Crippen molar-refractivity contribution in [3.8, 4) is 0 Å². The number of rotatable bonds is 5. The van der Waals surface area contributed by atoms with Crippen LogP contribution in [-0.2, 0) is 13.1 Å². The molecule has 32 heavy (non-hydrogen) atoms. The van der Waals surface area contributed by atoms with Crippen LogP contribution < -0.4 is 16.2 Å². The summed E-state index contributed by atoms with van der Waals surface area (Å²) in [6, 6.07) is 5.24. The molecule has 1 unspecified atom stereocenters. The van der Waals surface area contributed by atoms with E-state index in [9.17, 15) is 20.1 Å². The van der Waals surface area contributed by atoms with E-state index in [-0.39, 0.29) is 36.5 Å². The molecule has 6 N–H and O–H groups in total.